The number of hydrogen-bond acceptors (Lipinski definition) is 4. The summed E-state index contributed by atoms with van der Waals surface area (Å²) in [6.07, 6.45) is 6.40. The van der Waals surface area contributed by atoms with Crippen LogP contribution in [0.2, 0.25) is 0 Å². The summed E-state index contributed by atoms with van der Waals surface area (Å²) in [5.74, 6) is 2.27. The van der Waals surface area contributed by atoms with Crippen LogP contribution in [0.5, 0.6) is 11.5 Å². The summed E-state index contributed by atoms with van der Waals surface area (Å²) in [6, 6.07) is 13.6. The molecule has 4 rings (SSSR count). The molecule has 5 nitrogen and oxygen atoms in total. The predicted molar refractivity (Wildman–Crippen MR) is 100 cm³/mol. The zero-order chi connectivity index (χ0) is 17.8. The lowest BCUT2D eigenvalue weighted by molar-refractivity contribution is 0.0698. The molecule has 2 aromatic rings. The second kappa shape index (κ2) is 7.87. The van der Waals surface area contributed by atoms with Gasteiger partial charge in [-0.1, -0.05) is 18.2 Å². The van der Waals surface area contributed by atoms with Crippen molar-refractivity contribution in [2.24, 2.45) is 5.92 Å². The van der Waals surface area contributed by atoms with Gasteiger partial charge in [0.15, 0.2) is 0 Å². The lowest BCUT2D eigenvalue weighted by atomic mass is 10.0. The Morgan fingerprint density at radius 2 is 1.85 bits per heavy atom. The lowest BCUT2D eigenvalue weighted by Crippen LogP contribution is -2.45. The summed E-state index contributed by atoms with van der Waals surface area (Å²) in [5.41, 5.74) is 0.447. The summed E-state index contributed by atoms with van der Waals surface area (Å²) < 4.78 is 5.81. The van der Waals surface area contributed by atoms with Crippen molar-refractivity contribution in [3.8, 4) is 11.5 Å². The van der Waals surface area contributed by atoms with E-state index in [9.17, 15) is 4.79 Å². The van der Waals surface area contributed by atoms with Crippen LogP contribution in [-0.2, 0) is 0 Å². The van der Waals surface area contributed by atoms with Crippen LogP contribution in [0.25, 0.3) is 0 Å². The second-order valence-electron chi connectivity index (χ2n) is 7.21. The summed E-state index contributed by atoms with van der Waals surface area (Å²) in [4.78, 5) is 18.9. The molecule has 2 heterocycles. The fraction of sp³-hybridized carbons (Fsp3) is 0.429. The first-order chi connectivity index (χ1) is 12.8. The van der Waals surface area contributed by atoms with E-state index in [1.54, 1.807) is 18.3 Å². The molecule has 1 aliphatic carbocycles. The lowest BCUT2D eigenvalue weighted by Gasteiger charge is -2.32. The predicted octanol–water partition coefficient (Wildman–Crippen LogP) is 3.48. The number of ether oxygens (including phenoxy) is 1. The average Bonchev–Trinajstić information content (AvgIpc) is 3.52. The van der Waals surface area contributed by atoms with E-state index in [4.69, 9.17) is 4.74 Å². The standard InChI is InChI=1S/C21H25N3O2/c25-21(24-12-9-17(10-13-24)23-15-16-6-7-16)20-14-19(8-11-22-20)26-18-4-2-1-3-5-18/h1-5,8,11,14,16-17,23H,6-7,9-10,12-13,15H2. The largest absolute Gasteiger partial charge is 0.457 e. The molecule has 1 saturated carbocycles. The first kappa shape index (κ1) is 17.0. The van der Waals surface area contributed by atoms with E-state index in [1.807, 2.05) is 35.2 Å². The molecule has 1 amide bonds. The molecule has 2 fully saturated rings. The van der Waals surface area contributed by atoms with Gasteiger partial charge in [-0.25, -0.2) is 0 Å². The van der Waals surface area contributed by atoms with Crippen LogP contribution in [0.1, 0.15) is 36.2 Å². The summed E-state index contributed by atoms with van der Waals surface area (Å²) in [6.45, 7) is 2.71. The van der Waals surface area contributed by atoms with E-state index in [2.05, 4.69) is 10.3 Å². The zero-order valence-electron chi connectivity index (χ0n) is 14.9. The first-order valence-corrected chi connectivity index (χ1v) is 9.49. The van der Waals surface area contributed by atoms with E-state index >= 15 is 0 Å². The maximum Gasteiger partial charge on any atom is 0.272 e. The van der Waals surface area contributed by atoms with Gasteiger partial charge in [-0.2, -0.15) is 0 Å². The monoisotopic (exact) mass is 351 g/mol. The molecule has 5 heteroatoms. The van der Waals surface area contributed by atoms with E-state index in [0.29, 0.717) is 17.5 Å². The first-order valence-electron chi connectivity index (χ1n) is 9.49. The van der Waals surface area contributed by atoms with Gasteiger partial charge in [0.1, 0.15) is 17.2 Å². The highest BCUT2D eigenvalue weighted by atomic mass is 16.5. The number of carbonyl (C=O) groups is 1. The maximum absolute atomic E-state index is 12.8. The van der Waals surface area contributed by atoms with Crippen LogP contribution in [0.4, 0.5) is 0 Å². The third-order valence-corrected chi connectivity index (χ3v) is 5.10. The molecule has 1 aliphatic heterocycles. The Kier molecular flexibility index (Phi) is 5.16. The molecule has 0 bridgehead atoms. The number of pyridine rings is 1. The second-order valence-corrected chi connectivity index (χ2v) is 7.21. The Morgan fingerprint density at radius 3 is 2.58 bits per heavy atom. The fourth-order valence-corrected chi connectivity index (χ4v) is 3.32. The number of benzene rings is 1. The van der Waals surface area contributed by atoms with Crippen LogP contribution in [0.15, 0.2) is 48.7 Å². The minimum atomic E-state index is -0.0100. The number of nitrogens with zero attached hydrogens (tertiary/aromatic N) is 2. The van der Waals surface area contributed by atoms with Gasteiger partial charge < -0.3 is 15.0 Å². The highest BCUT2D eigenvalue weighted by Crippen LogP contribution is 2.28. The Morgan fingerprint density at radius 1 is 1.08 bits per heavy atom. The van der Waals surface area contributed by atoms with E-state index in [0.717, 1.165) is 44.1 Å². The summed E-state index contributed by atoms with van der Waals surface area (Å²) >= 11 is 0. The van der Waals surface area contributed by atoms with Gasteiger partial charge >= 0.3 is 0 Å². The van der Waals surface area contributed by atoms with Gasteiger partial charge in [0.2, 0.25) is 0 Å². The quantitative estimate of drug-likeness (QED) is 0.866. The zero-order valence-corrected chi connectivity index (χ0v) is 14.9. The summed E-state index contributed by atoms with van der Waals surface area (Å²) in [7, 11) is 0. The Balaban J connectivity index is 1.33. The topological polar surface area (TPSA) is 54.5 Å². The van der Waals surface area contributed by atoms with Crippen molar-refractivity contribution >= 4 is 5.91 Å². The molecule has 1 saturated heterocycles. The van der Waals surface area contributed by atoms with Crippen molar-refractivity contribution in [3.05, 3.63) is 54.4 Å². The normalized spacial score (nSPS) is 17.9. The molecule has 26 heavy (non-hydrogen) atoms. The molecule has 1 N–H and O–H groups in total. The number of piperidine rings is 1. The van der Waals surface area contributed by atoms with Crippen molar-refractivity contribution in [3.63, 3.8) is 0 Å². The number of carbonyl (C=O) groups excluding carboxylic acids is 1. The molecule has 1 aromatic heterocycles. The Hall–Kier alpha value is -2.40. The summed E-state index contributed by atoms with van der Waals surface area (Å²) in [5, 5.41) is 3.65. The number of rotatable bonds is 6. The molecular formula is C21H25N3O2. The molecule has 0 atom stereocenters. The fourth-order valence-electron chi connectivity index (χ4n) is 3.32. The number of aromatic nitrogens is 1. The molecule has 0 radical (unpaired) electrons. The van der Waals surface area contributed by atoms with Gasteiger partial charge in [0.05, 0.1) is 0 Å². The van der Waals surface area contributed by atoms with Crippen molar-refractivity contribution < 1.29 is 9.53 Å². The van der Waals surface area contributed by atoms with Crippen LogP contribution in [0, 0.1) is 5.92 Å². The van der Waals surface area contributed by atoms with Crippen molar-refractivity contribution in [1.29, 1.82) is 0 Å². The van der Waals surface area contributed by atoms with E-state index in [-0.39, 0.29) is 5.91 Å². The third kappa shape index (κ3) is 4.41. The van der Waals surface area contributed by atoms with Crippen LogP contribution >= 0.6 is 0 Å². The van der Waals surface area contributed by atoms with Gasteiger partial charge in [-0.15, -0.1) is 0 Å². The van der Waals surface area contributed by atoms with E-state index < -0.39 is 0 Å². The van der Waals surface area contributed by atoms with Crippen LogP contribution in [0.3, 0.4) is 0 Å². The number of likely N-dealkylation sites (tertiary alicyclic amines) is 1. The van der Waals surface area contributed by atoms with Crippen LogP contribution in [-0.4, -0.2) is 41.5 Å². The minimum absolute atomic E-state index is 0.0100. The molecule has 1 aromatic carbocycles. The van der Waals surface area contributed by atoms with Gasteiger partial charge in [-0.3, -0.25) is 9.78 Å². The average molecular weight is 351 g/mol. The minimum Gasteiger partial charge on any atom is -0.457 e. The third-order valence-electron chi connectivity index (χ3n) is 5.10. The number of hydrogen-bond donors (Lipinski definition) is 1. The molecule has 0 unspecified atom stereocenters. The maximum atomic E-state index is 12.8. The highest BCUT2D eigenvalue weighted by molar-refractivity contribution is 5.92. The van der Waals surface area contributed by atoms with Gasteiger partial charge in [0, 0.05) is 31.4 Å². The number of amides is 1. The van der Waals surface area contributed by atoms with Crippen LogP contribution < -0.4 is 10.1 Å². The van der Waals surface area contributed by atoms with Gasteiger partial charge in [0.25, 0.3) is 5.91 Å². The number of nitrogens with one attached hydrogen (secondary N) is 1. The number of para-hydroxylation sites is 1. The molecule has 2 aliphatic rings. The van der Waals surface area contributed by atoms with Crippen molar-refractivity contribution in [1.82, 2.24) is 15.2 Å². The van der Waals surface area contributed by atoms with Crippen molar-refractivity contribution in [2.75, 3.05) is 19.6 Å². The Bertz CT molecular complexity index is 738. The van der Waals surface area contributed by atoms with Gasteiger partial charge in [-0.05, 0) is 56.3 Å². The molecule has 136 valence electrons. The van der Waals surface area contributed by atoms with Crippen molar-refractivity contribution in [2.45, 2.75) is 31.7 Å². The molecular weight excluding hydrogens is 326 g/mol. The Labute approximate surface area is 154 Å². The van der Waals surface area contributed by atoms with E-state index in [1.165, 1.54) is 12.8 Å². The smallest absolute Gasteiger partial charge is 0.272 e. The molecule has 0 spiro atoms. The SMILES string of the molecule is O=C(c1cc(Oc2ccccc2)ccn1)N1CCC(NCC2CC2)CC1. The highest BCUT2D eigenvalue weighted by Gasteiger charge is 2.26.